The van der Waals surface area contributed by atoms with E-state index < -0.39 is 0 Å². The van der Waals surface area contributed by atoms with Crippen LogP contribution in [0.2, 0.25) is 4.47 Å². The fraction of sp³-hybridized carbons (Fsp3) is 0.286. The van der Waals surface area contributed by atoms with E-state index in [0.717, 1.165) is 16.3 Å². The molecule has 1 heterocycles. The molecule has 0 saturated carbocycles. The van der Waals surface area contributed by atoms with Gasteiger partial charge < -0.3 is 15.4 Å². The summed E-state index contributed by atoms with van der Waals surface area (Å²) in [5, 5.41) is 6.12. The Hall–Kier alpha value is -1.79. The van der Waals surface area contributed by atoms with Crippen molar-refractivity contribution < 1.29 is 9.53 Å². The number of thiazole rings is 1. The molecular formula is C14H16ClN3O2S. The number of rotatable bonds is 6. The maximum Gasteiger partial charge on any atom is 0.224 e. The zero-order valence-corrected chi connectivity index (χ0v) is 13.3. The van der Waals surface area contributed by atoms with Crippen molar-refractivity contribution in [1.82, 2.24) is 4.98 Å². The molecule has 112 valence electrons. The van der Waals surface area contributed by atoms with Gasteiger partial charge in [-0.3, -0.25) is 4.79 Å². The van der Waals surface area contributed by atoms with Gasteiger partial charge in [0, 0.05) is 23.6 Å². The van der Waals surface area contributed by atoms with E-state index in [-0.39, 0.29) is 5.91 Å². The third-order valence-electron chi connectivity index (χ3n) is 2.80. The third-order valence-corrected chi connectivity index (χ3v) is 3.92. The lowest BCUT2D eigenvalue weighted by Gasteiger charge is -2.13. The molecule has 0 unspecified atom stereocenters. The number of hydrogen-bond acceptors (Lipinski definition) is 5. The highest BCUT2D eigenvalue weighted by Gasteiger charge is 2.08. The van der Waals surface area contributed by atoms with E-state index in [1.165, 1.54) is 11.3 Å². The van der Waals surface area contributed by atoms with Gasteiger partial charge in [-0.05, 0) is 12.1 Å². The first kappa shape index (κ1) is 15.6. The summed E-state index contributed by atoms with van der Waals surface area (Å²) in [6.45, 7) is 2.39. The minimum atomic E-state index is -0.0379. The van der Waals surface area contributed by atoms with E-state index in [4.69, 9.17) is 16.3 Å². The van der Waals surface area contributed by atoms with Gasteiger partial charge in [-0.15, -0.1) is 11.3 Å². The molecule has 7 heteroatoms. The van der Waals surface area contributed by atoms with Crippen LogP contribution in [0.1, 0.15) is 18.2 Å². The highest BCUT2D eigenvalue weighted by atomic mass is 35.5. The molecule has 0 aliphatic heterocycles. The monoisotopic (exact) mass is 325 g/mol. The van der Waals surface area contributed by atoms with Gasteiger partial charge in [0.15, 0.2) is 4.47 Å². The van der Waals surface area contributed by atoms with E-state index in [2.05, 4.69) is 15.6 Å². The van der Waals surface area contributed by atoms with Crippen LogP contribution in [0.5, 0.6) is 5.75 Å². The van der Waals surface area contributed by atoms with Gasteiger partial charge >= 0.3 is 0 Å². The number of amides is 1. The standard InChI is InChI=1S/C14H16ClN3O2S/c1-3-13(19)18-11-5-4-9(20-2)6-12(11)16-7-10-8-17-14(15)21-10/h4-6,8,16H,3,7H2,1-2H3,(H,18,19). The number of nitrogens with zero attached hydrogens (tertiary/aromatic N) is 1. The Morgan fingerprint density at radius 2 is 2.24 bits per heavy atom. The van der Waals surface area contributed by atoms with Crippen LogP contribution in [-0.2, 0) is 11.3 Å². The third kappa shape index (κ3) is 4.34. The highest BCUT2D eigenvalue weighted by Crippen LogP contribution is 2.28. The van der Waals surface area contributed by atoms with Gasteiger partial charge in [-0.25, -0.2) is 4.98 Å². The topological polar surface area (TPSA) is 63.2 Å². The Bertz CT molecular complexity index is 630. The molecular weight excluding hydrogens is 310 g/mol. The molecule has 0 bridgehead atoms. The van der Waals surface area contributed by atoms with Crippen molar-refractivity contribution in [2.45, 2.75) is 19.9 Å². The fourth-order valence-corrected chi connectivity index (χ4v) is 2.61. The summed E-state index contributed by atoms with van der Waals surface area (Å²) in [6.07, 6.45) is 2.15. The van der Waals surface area contributed by atoms with Crippen molar-refractivity contribution in [3.05, 3.63) is 33.7 Å². The lowest BCUT2D eigenvalue weighted by Crippen LogP contribution is -2.12. The van der Waals surface area contributed by atoms with Crippen LogP contribution >= 0.6 is 22.9 Å². The molecule has 0 aliphatic carbocycles. The largest absolute Gasteiger partial charge is 0.497 e. The Kier molecular flexibility index (Phi) is 5.41. The summed E-state index contributed by atoms with van der Waals surface area (Å²) in [7, 11) is 1.60. The molecule has 0 aliphatic rings. The van der Waals surface area contributed by atoms with Gasteiger partial charge in [0.2, 0.25) is 5.91 Å². The first-order valence-corrected chi connectivity index (χ1v) is 7.63. The van der Waals surface area contributed by atoms with Gasteiger partial charge in [0.1, 0.15) is 5.75 Å². The number of anilines is 2. The Morgan fingerprint density at radius 3 is 2.86 bits per heavy atom. The molecule has 0 fully saturated rings. The minimum Gasteiger partial charge on any atom is -0.497 e. The summed E-state index contributed by atoms with van der Waals surface area (Å²) in [6, 6.07) is 5.46. The summed E-state index contributed by atoms with van der Waals surface area (Å²) in [5.74, 6) is 0.679. The average molecular weight is 326 g/mol. The zero-order valence-electron chi connectivity index (χ0n) is 11.8. The van der Waals surface area contributed by atoms with Crippen LogP contribution in [0.15, 0.2) is 24.4 Å². The molecule has 5 nitrogen and oxygen atoms in total. The number of carbonyl (C=O) groups excluding carboxylic acids is 1. The molecule has 1 amide bonds. The lowest BCUT2D eigenvalue weighted by molar-refractivity contribution is -0.115. The molecule has 0 saturated heterocycles. The van der Waals surface area contributed by atoms with E-state index in [9.17, 15) is 4.79 Å². The summed E-state index contributed by atoms with van der Waals surface area (Å²) >= 11 is 7.23. The van der Waals surface area contributed by atoms with Gasteiger partial charge in [-0.2, -0.15) is 0 Å². The predicted molar refractivity (Wildman–Crippen MR) is 86.4 cm³/mol. The zero-order chi connectivity index (χ0) is 15.2. The molecule has 1 aromatic carbocycles. The molecule has 2 N–H and O–H groups in total. The van der Waals surface area contributed by atoms with Crippen LogP contribution in [0.25, 0.3) is 0 Å². The van der Waals surface area contributed by atoms with E-state index in [0.29, 0.717) is 23.2 Å². The van der Waals surface area contributed by atoms with Crippen LogP contribution in [0.4, 0.5) is 11.4 Å². The van der Waals surface area contributed by atoms with Gasteiger partial charge in [0.25, 0.3) is 0 Å². The number of carbonyl (C=O) groups is 1. The molecule has 0 atom stereocenters. The van der Waals surface area contributed by atoms with Crippen molar-refractivity contribution in [3.63, 3.8) is 0 Å². The quantitative estimate of drug-likeness (QED) is 0.848. The number of halogens is 1. The maximum atomic E-state index is 11.6. The van der Waals surface area contributed by atoms with Crippen LogP contribution in [0.3, 0.4) is 0 Å². The first-order valence-electron chi connectivity index (χ1n) is 6.44. The van der Waals surface area contributed by atoms with Crippen LogP contribution in [0, 0.1) is 0 Å². The SMILES string of the molecule is CCC(=O)Nc1ccc(OC)cc1NCc1cnc(Cl)s1. The van der Waals surface area contributed by atoms with Crippen molar-refractivity contribution in [1.29, 1.82) is 0 Å². The normalized spacial score (nSPS) is 10.2. The molecule has 0 spiro atoms. The number of nitrogens with one attached hydrogen (secondary N) is 2. The van der Waals surface area contributed by atoms with Crippen LogP contribution < -0.4 is 15.4 Å². The smallest absolute Gasteiger partial charge is 0.224 e. The minimum absolute atomic E-state index is 0.0379. The van der Waals surface area contributed by atoms with Crippen LogP contribution in [-0.4, -0.2) is 18.0 Å². The summed E-state index contributed by atoms with van der Waals surface area (Å²) < 4.78 is 5.72. The van der Waals surface area contributed by atoms with E-state index >= 15 is 0 Å². The van der Waals surface area contributed by atoms with Crippen molar-refractivity contribution in [2.24, 2.45) is 0 Å². The summed E-state index contributed by atoms with van der Waals surface area (Å²) in [4.78, 5) is 16.6. The van der Waals surface area contributed by atoms with Crippen molar-refractivity contribution in [2.75, 3.05) is 17.7 Å². The number of hydrogen-bond donors (Lipinski definition) is 2. The fourth-order valence-electron chi connectivity index (χ4n) is 1.69. The second kappa shape index (κ2) is 7.28. The number of benzene rings is 1. The predicted octanol–water partition coefficient (Wildman–Crippen LogP) is 3.77. The lowest BCUT2D eigenvalue weighted by atomic mass is 10.2. The maximum absolute atomic E-state index is 11.6. The van der Waals surface area contributed by atoms with Crippen molar-refractivity contribution >= 4 is 40.2 Å². The molecule has 1 aromatic heterocycles. The molecule has 21 heavy (non-hydrogen) atoms. The number of methoxy groups -OCH3 is 1. The second-order valence-electron chi connectivity index (χ2n) is 4.25. The van der Waals surface area contributed by atoms with Gasteiger partial charge in [0.05, 0.1) is 25.0 Å². The first-order chi connectivity index (χ1) is 10.1. The highest BCUT2D eigenvalue weighted by molar-refractivity contribution is 7.15. The number of aromatic nitrogens is 1. The van der Waals surface area contributed by atoms with E-state index in [1.54, 1.807) is 19.4 Å². The van der Waals surface area contributed by atoms with E-state index in [1.807, 2.05) is 19.1 Å². The molecule has 0 radical (unpaired) electrons. The molecule has 2 rings (SSSR count). The second-order valence-corrected chi connectivity index (χ2v) is 5.94. The Morgan fingerprint density at radius 1 is 1.43 bits per heavy atom. The van der Waals surface area contributed by atoms with Gasteiger partial charge in [-0.1, -0.05) is 18.5 Å². The average Bonchev–Trinajstić information content (AvgIpc) is 2.91. The molecule has 2 aromatic rings. The Labute approximate surface area is 132 Å². The number of ether oxygens (including phenoxy) is 1. The van der Waals surface area contributed by atoms with Crippen molar-refractivity contribution in [3.8, 4) is 5.75 Å². The summed E-state index contributed by atoms with van der Waals surface area (Å²) in [5.41, 5.74) is 1.51. The Balaban J connectivity index is 2.15.